The van der Waals surface area contributed by atoms with Gasteiger partial charge in [-0.15, -0.1) is 0 Å². The van der Waals surface area contributed by atoms with Crippen molar-refractivity contribution in [3.8, 4) is 0 Å². The molecule has 0 aliphatic carbocycles. The maximum atomic E-state index is 11.8. The lowest BCUT2D eigenvalue weighted by Crippen LogP contribution is -2.14. The third kappa shape index (κ3) is 2.60. The largest absolute Gasteiger partial charge is 0.363 e. The molecule has 2 heterocycles. The van der Waals surface area contributed by atoms with E-state index in [0.29, 0.717) is 11.4 Å². The molecule has 0 aromatic carbocycles. The monoisotopic (exact) mass is 231 g/mol. The van der Waals surface area contributed by atoms with E-state index in [1.54, 1.807) is 30.6 Å². The van der Waals surface area contributed by atoms with Gasteiger partial charge in [0.2, 0.25) is 0 Å². The summed E-state index contributed by atoms with van der Waals surface area (Å²) in [6.45, 7) is 0. The average Bonchev–Trinajstić information content (AvgIpc) is 2.82. The van der Waals surface area contributed by atoms with Crippen LogP contribution in [0.25, 0.3) is 0 Å². The van der Waals surface area contributed by atoms with Crippen molar-refractivity contribution in [2.75, 3.05) is 24.3 Å². The Bertz CT molecular complexity index is 489. The first-order valence-electron chi connectivity index (χ1n) is 5.11. The van der Waals surface area contributed by atoms with Crippen LogP contribution in [0.4, 0.5) is 11.6 Å². The van der Waals surface area contributed by atoms with Crippen molar-refractivity contribution < 1.29 is 4.79 Å². The van der Waals surface area contributed by atoms with Gasteiger partial charge < -0.3 is 10.2 Å². The maximum Gasteiger partial charge on any atom is 0.258 e. The van der Waals surface area contributed by atoms with E-state index in [0.717, 1.165) is 5.82 Å². The molecule has 0 atom stereocenters. The van der Waals surface area contributed by atoms with Crippen LogP contribution in [-0.4, -0.2) is 35.2 Å². The number of anilines is 2. The van der Waals surface area contributed by atoms with Crippen molar-refractivity contribution in [1.29, 1.82) is 0 Å². The molecule has 0 fully saturated rings. The minimum atomic E-state index is -0.216. The number of amides is 1. The number of aromatic nitrogens is 3. The number of pyridine rings is 1. The Morgan fingerprint density at radius 1 is 1.35 bits per heavy atom. The summed E-state index contributed by atoms with van der Waals surface area (Å²) in [5.41, 5.74) is 0.505. The van der Waals surface area contributed by atoms with Crippen molar-refractivity contribution >= 4 is 17.5 Å². The number of hydrogen-bond acceptors (Lipinski definition) is 4. The molecule has 2 aromatic heterocycles. The summed E-state index contributed by atoms with van der Waals surface area (Å²) < 4.78 is 0. The molecule has 0 aliphatic heterocycles. The highest BCUT2D eigenvalue weighted by molar-refractivity contribution is 6.03. The summed E-state index contributed by atoms with van der Waals surface area (Å²) in [7, 11) is 3.79. The van der Waals surface area contributed by atoms with Crippen LogP contribution in [0.2, 0.25) is 0 Å². The standard InChI is InChI=1S/C11H13N5O/c1-16(2)10-4-3-8(7-12-10)11(17)14-9-5-6-13-15-9/h3-7H,1-2H3,(H2,13,14,15,17). The fourth-order valence-corrected chi connectivity index (χ4v) is 1.30. The lowest BCUT2D eigenvalue weighted by Gasteiger charge is -2.10. The van der Waals surface area contributed by atoms with E-state index in [-0.39, 0.29) is 5.91 Å². The number of carbonyl (C=O) groups excluding carboxylic acids is 1. The van der Waals surface area contributed by atoms with Crippen LogP contribution in [0.3, 0.4) is 0 Å². The number of hydrogen-bond donors (Lipinski definition) is 2. The number of rotatable bonds is 3. The van der Waals surface area contributed by atoms with Crippen LogP contribution in [0.5, 0.6) is 0 Å². The van der Waals surface area contributed by atoms with E-state index in [9.17, 15) is 4.79 Å². The molecule has 2 rings (SSSR count). The first-order valence-corrected chi connectivity index (χ1v) is 5.11. The van der Waals surface area contributed by atoms with E-state index >= 15 is 0 Å². The lowest BCUT2D eigenvalue weighted by molar-refractivity contribution is 0.102. The summed E-state index contributed by atoms with van der Waals surface area (Å²) in [5.74, 6) is 1.15. The molecule has 0 radical (unpaired) electrons. The molecule has 0 saturated heterocycles. The van der Waals surface area contributed by atoms with Crippen molar-refractivity contribution in [3.63, 3.8) is 0 Å². The van der Waals surface area contributed by atoms with Gasteiger partial charge in [0.05, 0.1) is 11.8 Å². The molecule has 6 nitrogen and oxygen atoms in total. The van der Waals surface area contributed by atoms with Gasteiger partial charge in [0.1, 0.15) is 11.6 Å². The van der Waals surface area contributed by atoms with Gasteiger partial charge in [-0.3, -0.25) is 9.89 Å². The quantitative estimate of drug-likeness (QED) is 0.830. The zero-order valence-corrected chi connectivity index (χ0v) is 9.64. The van der Waals surface area contributed by atoms with E-state index in [2.05, 4.69) is 20.5 Å². The second kappa shape index (κ2) is 4.65. The molecule has 0 aliphatic rings. The molecule has 88 valence electrons. The van der Waals surface area contributed by atoms with Crippen LogP contribution < -0.4 is 10.2 Å². The third-order valence-corrected chi connectivity index (χ3v) is 2.22. The van der Waals surface area contributed by atoms with Gasteiger partial charge in [-0.1, -0.05) is 0 Å². The maximum absolute atomic E-state index is 11.8. The summed E-state index contributed by atoms with van der Waals surface area (Å²) in [6, 6.07) is 5.20. The number of H-pyrrole nitrogens is 1. The van der Waals surface area contributed by atoms with Crippen molar-refractivity contribution in [3.05, 3.63) is 36.2 Å². The first kappa shape index (κ1) is 11.1. The highest BCUT2D eigenvalue weighted by Crippen LogP contribution is 2.09. The van der Waals surface area contributed by atoms with Crippen LogP contribution >= 0.6 is 0 Å². The van der Waals surface area contributed by atoms with E-state index in [4.69, 9.17) is 0 Å². The van der Waals surface area contributed by atoms with E-state index in [1.165, 1.54) is 0 Å². The normalized spacial score (nSPS) is 10.0. The Morgan fingerprint density at radius 2 is 2.18 bits per heavy atom. The molecule has 1 amide bonds. The van der Waals surface area contributed by atoms with Gasteiger partial charge in [-0.05, 0) is 12.1 Å². The molecular weight excluding hydrogens is 218 g/mol. The van der Waals surface area contributed by atoms with Gasteiger partial charge in [-0.25, -0.2) is 4.98 Å². The Labute approximate surface area is 98.7 Å². The third-order valence-electron chi connectivity index (χ3n) is 2.22. The molecule has 0 unspecified atom stereocenters. The zero-order valence-electron chi connectivity index (χ0n) is 9.64. The predicted octanol–water partition coefficient (Wildman–Crippen LogP) is 1.12. The average molecular weight is 231 g/mol. The van der Waals surface area contributed by atoms with E-state index < -0.39 is 0 Å². The fraction of sp³-hybridized carbons (Fsp3) is 0.182. The summed E-state index contributed by atoms with van der Waals surface area (Å²) in [6.07, 6.45) is 3.12. The second-order valence-electron chi connectivity index (χ2n) is 3.72. The molecular formula is C11H13N5O. The highest BCUT2D eigenvalue weighted by Gasteiger charge is 2.07. The second-order valence-corrected chi connectivity index (χ2v) is 3.72. The minimum Gasteiger partial charge on any atom is -0.363 e. The number of aromatic amines is 1. The topological polar surface area (TPSA) is 73.9 Å². The SMILES string of the molecule is CN(C)c1ccc(C(=O)Nc2ccn[nH]2)cn1. The Kier molecular flexibility index (Phi) is 3.04. The molecule has 0 bridgehead atoms. The highest BCUT2D eigenvalue weighted by atomic mass is 16.1. The number of nitrogens with zero attached hydrogens (tertiary/aromatic N) is 3. The molecule has 0 saturated carbocycles. The Balaban J connectivity index is 2.09. The van der Waals surface area contributed by atoms with Gasteiger partial charge in [0.15, 0.2) is 0 Å². The molecule has 17 heavy (non-hydrogen) atoms. The Morgan fingerprint density at radius 3 is 2.71 bits per heavy atom. The van der Waals surface area contributed by atoms with Crippen molar-refractivity contribution in [2.45, 2.75) is 0 Å². The van der Waals surface area contributed by atoms with E-state index in [1.807, 2.05) is 19.0 Å². The van der Waals surface area contributed by atoms with Crippen LogP contribution in [0.1, 0.15) is 10.4 Å². The summed E-state index contributed by atoms with van der Waals surface area (Å²) in [4.78, 5) is 17.8. The molecule has 2 aromatic rings. The lowest BCUT2D eigenvalue weighted by atomic mass is 10.2. The number of nitrogens with one attached hydrogen (secondary N) is 2. The predicted molar refractivity (Wildman–Crippen MR) is 65.1 cm³/mol. The number of carbonyl (C=O) groups is 1. The zero-order chi connectivity index (χ0) is 12.3. The van der Waals surface area contributed by atoms with Crippen molar-refractivity contribution in [1.82, 2.24) is 15.2 Å². The van der Waals surface area contributed by atoms with Gasteiger partial charge in [0.25, 0.3) is 5.91 Å². The van der Waals surface area contributed by atoms with Gasteiger partial charge in [-0.2, -0.15) is 5.10 Å². The van der Waals surface area contributed by atoms with Crippen molar-refractivity contribution in [2.24, 2.45) is 0 Å². The van der Waals surface area contributed by atoms with Crippen LogP contribution in [0.15, 0.2) is 30.6 Å². The molecule has 0 spiro atoms. The minimum absolute atomic E-state index is 0.216. The smallest absolute Gasteiger partial charge is 0.258 e. The van der Waals surface area contributed by atoms with Gasteiger partial charge in [0, 0.05) is 26.4 Å². The van der Waals surface area contributed by atoms with Gasteiger partial charge >= 0.3 is 0 Å². The first-order chi connectivity index (χ1) is 8.16. The summed E-state index contributed by atoms with van der Waals surface area (Å²) >= 11 is 0. The molecule has 6 heteroatoms. The van der Waals surface area contributed by atoms with Crippen LogP contribution in [-0.2, 0) is 0 Å². The van der Waals surface area contributed by atoms with Crippen LogP contribution in [0, 0.1) is 0 Å². The molecule has 2 N–H and O–H groups in total. The fourth-order valence-electron chi connectivity index (χ4n) is 1.30. The Hall–Kier alpha value is -2.37. The summed E-state index contributed by atoms with van der Waals surface area (Å²) in [5, 5.41) is 9.08.